The standard InChI is InChI=1S/C60H37N3OS/c1-35-29-50(61-60(62-57(35)42-26-25-36-13-2-3-14-37(36)30-42)47-21-12-24-55-56(47)46-20-9-11-23-54(46)65-55)45-28-27-44-43-19-8-10-22-53(43)64-59(44)58(45)63-51-33-40-17-6-4-15-38(40)31-48(51)49-32-39-16-5-7-18-41(39)34-52(49)63/h2-28,30-34H,29H2,1H3. The number of thiophene rings is 1. The van der Waals surface area contributed by atoms with E-state index in [0.717, 1.165) is 72.3 Å². The second-order valence-corrected chi connectivity index (χ2v) is 18.4. The minimum atomic E-state index is 0.581. The predicted octanol–water partition coefficient (Wildman–Crippen LogP) is 16.6. The average Bonchev–Trinajstić information content (AvgIpc) is 3.98. The molecule has 13 aromatic rings. The van der Waals surface area contributed by atoms with Crippen molar-refractivity contribution in [3.05, 3.63) is 216 Å². The van der Waals surface area contributed by atoms with Crippen molar-refractivity contribution in [3.63, 3.8) is 0 Å². The third-order valence-electron chi connectivity index (χ3n) is 13.5. The molecule has 5 heteroatoms. The van der Waals surface area contributed by atoms with Gasteiger partial charge >= 0.3 is 0 Å². The van der Waals surface area contributed by atoms with Crippen molar-refractivity contribution >= 4 is 125 Å². The number of amidine groups is 1. The van der Waals surface area contributed by atoms with Crippen LogP contribution in [0.2, 0.25) is 0 Å². The molecule has 0 radical (unpaired) electrons. The highest BCUT2D eigenvalue weighted by molar-refractivity contribution is 7.25. The maximum absolute atomic E-state index is 7.09. The second-order valence-electron chi connectivity index (χ2n) is 17.3. The quantitative estimate of drug-likeness (QED) is 0.174. The molecule has 1 aliphatic rings. The van der Waals surface area contributed by atoms with E-state index in [1.807, 2.05) is 11.3 Å². The van der Waals surface area contributed by atoms with Crippen LogP contribution in [-0.2, 0) is 0 Å². The number of hydrogen-bond acceptors (Lipinski definition) is 4. The Hall–Kier alpha value is -8.12. The van der Waals surface area contributed by atoms with Crippen molar-refractivity contribution in [2.24, 2.45) is 9.98 Å². The van der Waals surface area contributed by atoms with Gasteiger partial charge in [-0.3, -0.25) is 0 Å². The number of para-hydroxylation sites is 1. The first kappa shape index (κ1) is 36.4. The fraction of sp³-hybridized carbons (Fsp3) is 0.0333. The van der Waals surface area contributed by atoms with Crippen molar-refractivity contribution in [1.29, 1.82) is 0 Å². The number of allylic oxidation sites excluding steroid dienone is 1. The van der Waals surface area contributed by atoms with E-state index in [4.69, 9.17) is 14.4 Å². The van der Waals surface area contributed by atoms with E-state index in [0.29, 0.717) is 12.3 Å². The van der Waals surface area contributed by atoms with Crippen LogP contribution < -0.4 is 0 Å². The Morgan fingerprint density at radius 3 is 1.83 bits per heavy atom. The maximum Gasteiger partial charge on any atom is 0.160 e. The lowest BCUT2D eigenvalue weighted by atomic mass is 9.96. The summed E-state index contributed by atoms with van der Waals surface area (Å²) in [6.07, 6.45) is 0.581. The van der Waals surface area contributed by atoms with Gasteiger partial charge in [0.05, 0.1) is 28.1 Å². The lowest BCUT2D eigenvalue weighted by Crippen LogP contribution is -2.11. The normalized spacial score (nSPS) is 13.7. The van der Waals surface area contributed by atoms with Gasteiger partial charge in [0.15, 0.2) is 11.4 Å². The molecular formula is C60H37N3OS. The molecule has 0 saturated carbocycles. The minimum Gasteiger partial charge on any atom is -0.454 e. The third kappa shape index (κ3) is 5.56. The van der Waals surface area contributed by atoms with Gasteiger partial charge in [-0.05, 0) is 99.4 Å². The lowest BCUT2D eigenvalue weighted by molar-refractivity contribution is 0.666. The average molecular weight is 848 g/mol. The first-order chi connectivity index (χ1) is 32.1. The fourth-order valence-corrected chi connectivity index (χ4v) is 11.6. The number of hydrogen-bond donors (Lipinski definition) is 0. The lowest BCUT2D eigenvalue weighted by Gasteiger charge is -2.17. The van der Waals surface area contributed by atoms with E-state index < -0.39 is 0 Å². The Morgan fingerprint density at radius 2 is 1.09 bits per heavy atom. The van der Waals surface area contributed by atoms with Crippen LogP contribution in [0.4, 0.5) is 0 Å². The number of aromatic nitrogens is 1. The van der Waals surface area contributed by atoms with Gasteiger partial charge in [0.2, 0.25) is 0 Å². The predicted molar refractivity (Wildman–Crippen MR) is 277 cm³/mol. The summed E-state index contributed by atoms with van der Waals surface area (Å²) in [6.45, 7) is 2.23. The second kappa shape index (κ2) is 13.9. The highest BCUT2D eigenvalue weighted by Gasteiger charge is 2.27. The Morgan fingerprint density at radius 1 is 0.477 bits per heavy atom. The van der Waals surface area contributed by atoms with E-state index in [1.54, 1.807) is 0 Å². The zero-order valence-electron chi connectivity index (χ0n) is 35.3. The molecule has 0 saturated heterocycles. The van der Waals surface area contributed by atoms with Crippen LogP contribution in [0.25, 0.3) is 108 Å². The first-order valence-electron chi connectivity index (χ1n) is 22.2. The van der Waals surface area contributed by atoms with E-state index in [-0.39, 0.29) is 0 Å². The van der Waals surface area contributed by atoms with Crippen LogP contribution in [0, 0.1) is 0 Å². The third-order valence-corrected chi connectivity index (χ3v) is 14.7. The molecule has 4 heterocycles. The number of nitrogens with zero attached hydrogens (tertiary/aromatic N) is 3. The van der Waals surface area contributed by atoms with Gasteiger partial charge in [-0.15, -0.1) is 11.3 Å². The molecule has 0 amide bonds. The molecule has 0 aliphatic carbocycles. The number of rotatable bonds is 4. The SMILES string of the molecule is CC1=C(c2ccc3ccccc3c2)N=C(c2cccc3sc4ccccc4c23)N=C(c2ccc3c(oc4ccccc43)c2-n2c3cc4ccccc4cc3c3cc4ccccc4cc32)C1. The Balaban J connectivity index is 1.11. The molecule has 0 atom stereocenters. The summed E-state index contributed by atoms with van der Waals surface area (Å²) in [7, 11) is 0. The van der Waals surface area contributed by atoms with Crippen LogP contribution in [-0.4, -0.2) is 16.1 Å². The highest BCUT2D eigenvalue weighted by atomic mass is 32.1. The van der Waals surface area contributed by atoms with Crippen LogP contribution in [0.5, 0.6) is 0 Å². The van der Waals surface area contributed by atoms with Crippen molar-refractivity contribution in [2.45, 2.75) is 13.3 Å². The fourth-order valence-electron chi connectivity index (χ4n) is 10.5. The van der Waals surface area contributed by atoms with Crippen molar-refractivity contribution in [3.8, 4) is 5.69 Å². The molecule has 65 heavy (non-hydrogen) atoms. The summed E-state index contributed by atoms with van der Waals surface area (Å²) in [5, 5.41) is 14.1. The van der Waals surface area contributed by atoms with Gasteiger partial charge in [0.1, 0.15) is 5.58 Å². The Bertz CT molecular complexity index is 4200. The Labute approximate surface area is 377 Å². The van der Waals surface area contributed by atoms with Crippen LogP contribution in [0.15, 0.2) is 214 Å². The molecule has 3 aromatic heterocycles. The van der Waals surface area contributed by atoms with Gasteiger partial charge in [-0.2, -0.15) is 0 Å². The van der Waals surface area contributed by atoms with Crippen LogP contribution in [0.3, 0.4) is 0 Å². The smallest absolute Gasteiger partial charge is 0.160 e. The molecule has 0 spiro atoms. The number of fused-ring (bicyclic) bond motifs is 12. The van der Waals surface area contributed by atoms with Crippen molar-refractivity contribution in [1.82, 2.24) is 4.57 Å². The van der Waals surface area contributed by atoms with E-state index in [1.165, 1.54) is 63.3 Å². The minimum absolute atomic E-state index is 0.581. The molecule has 4 nitrogen and oxygen atoms in total. The molecule has 0 fully saturated rings. The number of furan rings is 1. The van der Waals surface area contributed by atoms with Crippen LogP contribution >= 0.6 is 11.3 Å². The monoisotopic (exact) mass is 847 g/mol. The van der Waals surface area contributed by atoms with Crippen molar-refractivity contribution < 1.29 is 4.42 Å². The van der Waals surface area contributed by atoms with E-state index >= 15 is 0 Å². The van der Waals surface area contributed by atoms with Gasteiger partial charge < -0.3 is 8.98 Å². The summed E-state index contributed by atoms with van der Waals surface area (Å²) in [5.74, 6) is 0.698. The van der Waals surface area contributed by atoms with Gasteiger partial charge in [0, 0.05) is 64.8 Å². The first-order valence-corrected chi connectivity index (χ1v) is 23.0. The summed E-state index contributed by atoms with van der Waals surface area (Å²) < 4.78 is 12.0. The molecule has 10 aromatic carbocycles. The molecular weight excluding hydrogens is 811 g/mol. The summed E-state index contributed by atoms with van der Waals surface area (Å²) in [6, 6.07) is 70.2. The topological polar surface area (TPSA) is 42.8 Å². The zero-order chi connectivity index (χ0) is 42.8. The number of benzene rings is 10. The summed E-state index contributed by atoms with van der Waals surface area (Å²) in [5.41, 5.74) is 11.0. The number of aliphatic imine (C=N–C) groups is 2. The van der Waals surface area contributed by atoms with Gasteiger partial charge in [0.25, 0.3) is 0 Å². The molecule has 14 rings (SSSR count). The zero-order valence-corrected chi connectivity index (χ0v) is 36.2. The van der Waals surface area contributed by atoms with Gasteiger partial charge in [-0.1, -0.05) is 140 Å². The van der Waals surface area contributed by atoms with Crippen molar-refractivity contribution in [2.75, 3.05) is 0 Å². The Kier molecular flexibility index (Phi) is 7.80. The maximum atomic E-state index is 7.09. The summed E-state index contributed by atoms with van der Waals surface area (Å²) in [4.78, 5) is 11.5. The largest absolute Gasteiger partial charge is 0.454 e. The molecule has 1 aliphatic heterocycles. The molecule has 304 valence electrons. The van der Waals surface area contributed by atoms with E-state index in [2.05, 4.69) is 206 Å². The summed E-state index contributed by atoms with van der Waals surface area (Å²) >= 11 is 1.82. The molecule has 0 bridgehead atoms. The van der Waals surface area contributed by atoms with Gasteiger partial charge in [-0.25, -0.2) is 9.98 Å². The van der Waals surface area contributed by atoms with E-state index in [9.17, 15) is 0 Å². The molecule has 0 unspecified atom stereocenters. The molecule has 0 N–H and O–H groups in total. The van der Waals surface area contributed by atoms with Crippen LogP contribution in [0.1, 0.15) is 30.0 Å². The highest BCUT2D eigenvalue weighted by Crippen LogP contribution is 2.44.